The van der Waals surface area contributed by atoms with E-state index in [1.54, 1.807) is 6.07 Å². The zero-order valence-electron chi connectivity index (χ0n) is 25.1. The summed E-state index contributed by atoms with van der Waals surface area (Å²) in [4.78, 5) is 22.1. The second-order valence-electron chi connectivity index (χ2n) is 13.6. The number of aromatic nitrogens is 2. The Kier molecular flexibility index (Phi) is 7.70. The second kappa shape index (κ2) is 11.1. The van der Waals surface area contributed by atoms with Gasteiger partial charge in [0.1, 0.15) is 11.5 Å². The lowest BCUT2D eigenvalue weighted by molar-refractivity contribution is -0.205. The van der Waals surface area contributed by atoms with Gasteiger partial charge in [-0.1, -0.05) is 39.8 Å². The number of ether oxygens (including phenoxy) is 1. The van der Waals surface area contributed by atoms with Crippen LogP contribution < -0.4 is 0 Å². The molecule has 0 radical (unpaired) electrons. The summed E-state index contributed by atoms with van der Waals surface area (Å²) in [5, 5.41) is 0. The summed E-state index contributed by atoms with van der Waals surface area (Å²) < 4.78 is 22.6. The highest BCUT2D eigenvalue weighted by molar-refractivity contribution is 5.69. The van der Waals surface area contributed by atoms with Crippen LogP contribution >= 0.6 is 0 Å². The highest BCUT2D eigenvalue weighted by Gasteiger charge is 2.51. The van der Waals surface area contributed by atoms with E-state index in [-0.39, 0.29) is 23.1 Å². The van der Waals surface area contributed by atoms with Gasteiger partial charge in [-0.25, -0.2) is 9.37 Å². The third-order valence-corrected chi connectivity index (χ3v) is 9.93. The summed E-state index contributed by atoms with van der Waals surface area (Å²) in [6.45, 7) is 13.3. The number of rotatable bonds is 7. The first-order valence-corrected chi connectivity index (χ1v) is 15.6. The maximum absolute atomic E-state index is 14.3. The number of halogens is 1. The molecule has 3 aliphatic rings. The lowest BCUT2D eigenvalue weighted by Gasteiger charge is -2.47. The monoisotopic (exact) mass is 560 g/mol. The number of fused-ring (bicyclic) bond motifs is 1. The van der Waals surface area contributed by atoms with E-state index in [0.29, 0.717) is 18.3 Å². The number of piperidine rings is 1. The van der Waals surface area contributed by atoms with Gasteiger partial charge in [0, 0.05) is 68.8 Å². The Balaban J connectivity index is 1.15. The number of esters is 1. The number of hydrogen-bond donors (Lipinski definition) is 0. The summed E-state index contributed by atoms with van der Waals surface area (Å²) in [5.41, 5.74) is 4.35. The average Bonchev–Trinajstić information content (AvgIpc) is 3.55. The topological polar surface area (TPSA) is 50.1 Å². The Labute approximate surface area is 243 Å². The van der Waals surface area contributed by atoms with Crippen molar-refractivity contribution in [2.24, 2.45) is 5.92 Å². The molecule has 6 nitrogen and oxygen atoms in total. The third-order valence-electron chi connectivity index (χ3n) is 9.93. The fraction of sp³-hybridized carbons (Fsp3) is 0.588. The second-order valence-corrected chi connectivity index (χ2v) is 13.6. The largest absolute Gasteiger partial charge is 0.444 e. The molecular weight excluding hydrogens is 515 g/mol. The highest BCUT2D eigenvalue weighted by Crippen LogP contribution is 2.46. The molecule has 0 amide bonds. The highest BCUT2D eigenvalue weighted by atomic mass is 19.1. The van der Waals surface area contributed by atoms with E-state index in [2.05, 4.69) is 65.6 Å². The van der Waals surface area contributed by atoms with Crippen LogP contribution in [-0.2, 0) is 14.9 Å². The Morgan fingerprint density at radius 3 is 2.56 bits per heavy atom. The molecule has 1 aromatic carbocycles. The fourth-order valence-corrected chi connectivity index (χ4v) is 7.26. The van der Waals surface area contributed by atoms with Crippen molar-refractivity contribution in [1.29, 1.82) is 0 Å². The summed E-state index contributed by atoms with van der Waals surface area (Å²) in [6.07, 6.45) is 9.74. The first-order valence-electron chi connectivity index (χ1n) is 15.6. The maximum Gasteiger partial charge on any atom is 0.307 e. The smallest absolute Gasteiger partial charge is 0.307 e. The van der Waals surface area contributed by atoms with Gasteiger partial charge >= 0.3 is 5.97 Å². The van der Waals surface area contributed by atoms with Gasteiger partial charge in [-0.2, -0.15) is 0 Å². The molecule has 3 fully saturated rings. The number of benzene rings is 1. The molecule has 41 heavy (non-hydrogen) atoms. The number of hydrogen-bond acceptors (Lipinski definition) is 5. The van der Waals surface area contributed by atoms with Gasteiger partial charge in [-0.15, -0.1) is 0 Å². The molecule has 2 saturated heterocycles. The third kappa shape index (κ3) is 5.68. The van der Waals surface area contributed by atoms with E-state index in [0.717, 1.165) is 76.0 Å². The van der Waals surface area contributed by atoms with Gasteiger partial charge in [0.05, 0.1) is 0 Å². The number of pyridine rings is 1. The molecule has 2 unspecified atom stereocenters. The molecule has 7 heteroatoms. The quantitative estimate of drug-likeness (QED) is 0.309. The van der Waals surface area contributed by atoms with Crippen molar-refractivity contribution in [2.75, 3.05) is 32.7 Å². The van der Waals surface area contributed by atoms with Crippen LogP contribution in [0.25, 0.3) is 5.65 Å². The van der Waals surface area contributed by atoms with Crippen molar-refractivity contribution in [3.05, 3.63) is 71.4 Å². The molecule has 220 valence electrons. The van der Waals surface area contributed by atoms with Gasteiger partial charge in [-0.05, 0) is 79.1 Å². The van der Waals surface area contributed by atoms with Crippen LogP contribution in [0, 0.1) is 11.7 Å². The first kappa shape index (κ1) is 28.4. The van der Waals surface area contributed by atoms with Crippen LogP contribution in [0.3, 0.4) is 0 Å². The lowest BCUT2D eigenvalue weighted by Crippen LogP contribution is -2.56. The van der Waals surface area contributed by atoms with Crippen LogP contribution in [0.2, 0.25) is 0 Å². The number of likely N-dealkylation sites (tertiary alicyclic amines) is 2. The molecule has 0 N–H and O–H groups in total. The van der Waals surface area contributed by atoms with Crippen molar-refractivity contribution in [3.63, 3.8) is 0 Å². The number of carbonyl (C=O) groups is 1. The van der Waals surface area contributed by atoms with Crippen LogP contribution in [0.15, 0.2) is 48.8 Å². The number of carbonyl (C=O) groups excluding carboxylic acids is 1. The Bertz CT molecular complexity index is 1380. The minimum absolute atomic E-state index is 0.105. The molecule has 2 aliphatic heterocycles. The van der Waals surface area contributed by atoms with Gasteiger partial charge < -0.3 is 14.0 Å². The average molecular weight is 561 g/mol. The fourth-order valence-electron chi connectivity index (χ4n) is 7.26. The summed E-state index contributed by atoms with van der Waals surface area (Å²) in [6, 6.07) is 11.6. The zero-order valence-corrected chi connectivity index (χ0v) is 25.1. The van der Waals surface area contributed by atoms with Gasteiger partial charge in [0.25, 0.3) is 0 Å². The molecular formula is C34H45FN4O2. The Morgan fingerprint density at radius 1 is 1.12 bits per heavy atom. The molecule has 6 rings (SSSR count). The normalized spacial score (nSPS) is 24.0. The predicted octanol–water partition coefficient (Wildman–Crippen LogP) is 6.50. The molecule has 3 aromatic rings. The van der Waals surface area contributed by atoms with Crippen LogP contribution in [0.1, 0.15) is 94.9 Å². The van der Waals surface area contributed by atoms with E-state index >= 15 is 0 Å². The number of nitrogens with zero attached hydrogens (tertiary/aromatic N) is 4. The van der Waals surface area contributed by atoms with E-state index in [9.17, 15) is 9.18 Å². The molecule has 2 atom stereocenters. The molecule has 0 bridgehead atoms. The lowest BCUT2D eigenvalue weighted by atomic mass is 9.86. The first-order chi connectivity index (χ1) is 19.6. The Morgan fingerprint density at radius 2 is 1.90 bits per heavy atom. The van der Waals surface area contributed by atoms with Crippen molar-refractivity contribution < 1.29 is 13.9 Å². The van der Waals surface area contributed by atoms with Gasteiger partial charge in [-0.3, -0.25) is 9.69 Å². The molecule has 2 aromatic heterocycles. The minimum atomic E-state index is -0.476. The molecule has 4 heterocycles. The van der Waals surface area contributed by atoms with E-state index < -0.39 is 5.72 Å². The molecule has 0 spiro atoms. The Hall–Kier alpha value is -2.77. The van der Waals surface area contributed by atoms with Crippen molar-refractivity contribution >= 4 is 11.6 Å². The summed E-state index contributed by atoms with van der Waals surface area (Å²) in [5.74, 6) is 0.765. The SMILES string of the molecule is CCC(=O)OC1(N2CC(CN3CCC(c4cnc5cc(C(C)(C)C)ccn45)CC3)C(c3cccc(F)c3)C2)CCC1. The van der Waals surface area contributed by atoms with Gasteiger partial charge in [0.15, 0.2) is 5.72 Å². The predicted molar refractivity (Wildman–Crippen MR) is 159 cm³/mol. The van der Waals surface area contributed by atoms with E-state index in [1.807, 2.05) is 13.0 Å². The summed E-state index contributed by atoms with van der Waals surface area (Å²) >= 11 is 0. The van der Waals surface area contributed by atoms with E-state index in [4.69, 9.17) is 9.72 Å². The maximum atomic E-state index is 14.3. The van der Waals surface area contributed by atoms with Crippen LogP contribution in [-0.4, -0.2) is 63.6 Å². The van der Waals surface area contributed by atoms with Crippen molar-refractivity contribution in [1.82, 2.24) is 19.2 Å². The van der Waals surface area contributed by atoms with Crippen molar-refractivity contribution in [2.45, 2.75) is 89.2 Å². The minimum Gasteiger partial charge on any atom is -0.444 e. The molecule has 1 aliphatic carbocycles. The zero-order chi connectivity index (χ0) is 28.8. The van der Waals surface area contributed by atoms with Crippen LogP contribution in [0.5, 0.6) is 0 Å². The molecule has 1 saturated carbocycles. The standard InChI is InChI=1S/C34H45FN4O2/c1-5-32(40)41-34(13-7-14-34)38-22-26(29(23-38)25-8-6-9-28(35)18-25)21-37-15-10-24(11-16-37)30-20-36-31-19-27(33(2,3)4)12-17-39(30)31/h6,8-9,12,17-20,24,26,29H,5,7,10-11,13-16,21-23H2,1-4H3. The number of imidazole rings is 1. The van der Waals surface area contributed by atoms with E-state index in [1.165, 1.54) is 17.3 Å². The summed E-state index contributed by atoms with van der Waals surface area (Å²) in [7, 11) is 0. The van der Waals surface area contributed by atoms with Crippen LogP contribution in [0.4, 0.5) is 4.39 Å². The van der Waals surface area contributed by atoms with Gasteiger partial charge in [0.2, 0.25) is 0 Å². The van der Waals surface area contributed by atoms with Crippen molar-refractivity contribution in [3.8, 4) is 0 Å².